The molecular weight excluding hydrogens is 406 g/mol. The quantitative estimate of drug-likeness (QED) is 0.645. The van der Waals surface area contributed by atoms with Crippen molar-refractivity contribution < 1.29 is 22.0 Å². The first-order valence-electron chi connectivity index (χ1n) is 8.67. The second-order valence-corrected chi connectivity index (χ2v) is 8.90. The predicted octanol–water partition coefficient (Wildman–Crippen LogP) is 4.03. The molecule has 2 aromatic rings. The molecule has 1 amide bonds. The SMILES string of the molecule is CCN(CC)S(=O)(=O)c1cc(NC(=O)CSc2ccc(F)cc2F)ccc1C. The third kappa shape index (κ3) is 5.30. The molecule has 0 atom stereocenters. The van der Waals surface area contributed by atoms with Gasteiger partial charge in [0.2, 0.25) is 15.9 Å². The van der Waals surface area contributed by atoms with Crippen LogP contribution in [0.25, 0.3) is 0 Å². The first-order valence-corrected chi connectivity index (χ1v) is 11.1. The van der Waals surface area contributed by atoms with E-state index in [-0.39, 0.29) is 15.5 Å². The van der Waals surface area contributed by atoms with Gasteiger partial charge in [-0.2, -0.15) is 4.31 Å². The monoisotopic (exact) mass is 428 g/mol. The van der Waals surface area contributed by atoms with Gasteiger partial charge < -0.3 is 5.32 Å². The fourth-order valence-corrected chi connectivity index (χ4v) is 5.02. The lowest BCUT2D eigenvalue weighted by molar-refractivity contribution is -0.113. The van der Waals surface area contributed by atoms with Crippen LogP contribution in [0.1, 0.15) is 19.4 Å². The van der Waals surface area contributed by atoms with Crippen molar-refractivity contribution in [2.75, 3.05) is 24.2 Å². The molecule has 0 aromatic heterocycles. The van der Waals surface area contributed by atoms with Crippen LogP contribution < -0.4 is 5.32 Å². The number of carbonyl (C=O) groups is 1. The highest BCUT2D eigenvalue weighted by molar-refractivity contribution is 8.00. The van der Waals surface area contributed by atoms with Crippen molar-refractivity contribution in [1.82, 2.24) is 4.31 Å². The smallest absolute Gasteiger partial charge is 0.243 e. The maximum absolute atomic E-state index is 13.6. The van der Waals surface area contributed by atoms with Crippen LogP contribution in [0.15, 0.2) is 46.2 Å². The average Bonchev–Trinajstić information content (AvgIpc) is 2.63. The van der Waals surface area contributed by atoms with Gasteiger partial charge in [-0.25, -0.2) is 17.2 Å². The van der Waals surface area contributed by atoms with E-state index in [2.05, 4.69) is 5.32 Å². The van der Waals surface area contributed by atoms with Gasteiger partial charge in [-0.1, -0.05) is 19.9 Å². The lowest BCUT2D eigenvalue weighted by Gasteiger charge is -2.20. The van der Waals surface area contributed by atoms with Crippen LogP contribution in [0, 0.1) is 18.6 Å². The normalized spacial score (nSPS) is 11.6. The summed E-state index contributed by atoms with van der Waals surface area (Å²) < 4.78 is 53.4. The molecule has 0 unspecified atom stereocenters. The average molecular weight is 429 g/mol. The minimum atomic E-state index is -3.66. The van der Waals surface area contributed by atoms with E-state index < -0.39 is 27.6 Å². The molecule has 0 aliphatic heterocycles. The van der Waals surface area contributed by atoms with Crippen LogP contribution in [0.5, 0.6) is 0 Å². The number of aryl methyl sites for hydroxylation is 1. The highest BCUT2D eigenvalue weighted by atomic mass is 32.2. The molecule has 0 heterocycles. The topological polar surface area (TPSA) is 66.5 Å². The van der Waals surface area contributed by atoms with Gasteiger partial charge in [0.15, 0.2) is 0 Å². The number of carbonyl (C=O) groups excluding carboxylic acids is 1. The van der Waals surface area contributed by atoms with Crippen molar-refractivity contribution in [2.24, 2.45) is 0 Å². The van der Waals surface area contributed by atoms with Crippen LogP contribution in [-0.2, 0) is 14.8 Å². The van der Waals surface area contributed by atoms with Gasteiger partial charge in [0.25, 0.3) is 0 Å². The predicted molar refractivity (Wildman–Crippen MR) is 107 cm³/mol. The summed E-state index contributed by atoms with van der Waals surface area (Å²) in [5.74, 6) is -1.95. The molecule has 9 heteroatoms. The molecule has 0 radical (unpaired) electrons. The first-order chi connectivity index (χ1) is 13.2. The van der Waals surface area contributed by atoms with E-state index in [0.29, 0.717) is 24.3 Å². The zero-order chi connectivity index (χ0) is 20.9. The standard InChI is InChI=1S/C19H22F2N2O3S2/c1-4-23(5-2)28(25,26)18-11-15(8-6-13(18)3)22-19(24)12-27-17-9-7-14(20)10-16(17)21/h6-11H,4-5,12H2,1-3H3,(H,22,24). The highest BCUT2D eigenvalue weighted by Gasteiger charge is 2.24. The lowest BCUT2D eigenvalue weighted by atomic mass is 10.2. The van der Waals surface area contributed by atoms with Crippen molar-refractivity contribution in [1.29, 1.82) is 0 Å². The van der Waals surface area contributed by atoms with Crippen LogP contribution in [0.2, 0.25) is 0 Å². The molecule has 0 fully saturated rings. The number of benzene rings is 2. The van der Waals surface area contributed by atoms with Crippen molar-refractivity contribution in [3.8, 4) is 0 Å². The minimum absolute atomic E-state index is 0.103. The van der Waals surface area contributed by atoms with Crippen molar-refractivity contribution in [2.45, 2.75) is 30.6 Å². The Balaban J connectivity index is 2.13. The van der Waals surface area contributed by atoms with Crippen molar-refractivity contribution >= 4 is 33.4 Å². The van der Waals surface area contributed by atoms with Crippen molar-refractivity contribution in [3.05, 3.63) is 53.6 Å². The van der Waals surface area contributed by atoms with E-state index >= 15 is 0 Å². The van der Waals surface area contributed by atoms with E-state index in [0.717, 1.165) is 23.9 Å². The minimum Gasteiger partial charge on any atom is -0.325 e. The number of rotatable bonds is 8. The summed E-state index contributed by atoms with van der Waals surface area (Å²) in [6, 6.07) is 7.79. The molecule has 0 aliphatic carbocycles. The van der Waals surface area contributed by atoms with Gasteiger partial charge in [0, 0.05) is 29.7 Å². The van der Waals surface area contributed by atoms with Crippen LogP contribution in [0.3, 0.4) is 0 Å². The van der Waals surface area contributed by atoms with E-state index in [1.807, 2.05) is 0 Å². The molecule has 0 aliphatic rings. The van der Waals surface area contributed by atoms with E-state index in [1.54, 1.807) is 32.9 Å². The number of hydrogen-bond acceptors (Lipinski definition) is 4. The number of hydrogen-bond donors (Lipinski definition) is 1. The Morgan fingerprint density at radius 3 is 2.39 bits per heavy atom. The molecule has 0 bridgehead atoms. The van der Waals surface area contributed by atoms with Crippen molar-refractivity contribution in [3.63, 3.8) is 0 Å². The Kier molecular flexibility index (Phi) is 7.56. The maximum atomic E-state index is 13.6. The van der Waals surface area contributed by atoms with E-state index in [1.165, 1.54) is 16.4 Å². The number of nitrogens with one attached hydrogen (secondary N) is 1. The van der Waals surface area contributed by atoms with Gasteiger partial charge in [0.1, 0.15) is 11.6 Å². The van der Waals surface area contributed by atoms with E-state index in [4.69, 9.17) is 0 Å². The molecule has 0 saturated carbocycles. The number of halogens is 2. The zero-order valence-corrected chi connectivity index (χ0v) is 17.5. The zero-order valence-electron chi connectivity index (χ0n) is 15.8. The van der Waals surface area contributed by atoms with Crippen LogP contribution >= 0.6 is 11.8 Å². The van der Waals surface area contributed by atoms with Gasteiger partial charge in [-0.15, -0.1) is 11.8 Å². The summed E-state index contributed by atoms with van der Waals surface area (Å²) >= 11 is 0.928. The second kappa shape index (κ2) is 9.49. The Labute approximate surface area is 168 Å². The molecular formula is C19H22F2N2O3S2. The van der Waals surface area contributed by atoms with Gasteiger partial charge in [-0.3, -0.25) is 4.79 Å². The Bertz CT molecular complexity index is 962. The maximum Gasteiger partial charge on any atom is 0.243 e. The molecule has 28 heavy (non-hydrogen) atoms. The summed E-state index contributed by atoms with van der Waals surface area (Å²) in [5, 5.41) is 2.62. The summed E-state index contributed by atoms with van der Waals surface area (Å²) in [6.45, 7) is 5.89. The molecule has 2 rings (SSSR count). The fourth-order valence-electron chi connectivity index (χ4n) is 2.59. The summed E-state index contributed by atoms with van der Waals surface area (Å²) in [4.78, 5) is 12.5. The van der Waals surface area contributed by atoms with Gasteiger partial charge >= 0.3 is 0 Å². The molecule has 0 saturated heterocycles. The first kappa shape index (κ1) is 22.3. The summed E-state index contributed by atoms with van der Waals surface area (Å²) in [5.41, 5.74) is 0.911. The third-order valence-corrected chi connectivity index (χ3v) is 7.29. The molecule has 2 aromatic carbocycles. The molecule has 0 spiro atoms. The Morgan fingerprint density at radius 1 is 1.11 bits per heavy atom. The molecule has 152 valence electrons. The second-order valence-electron chi connectivity index (χ2n) is 5.98. The summed E-state index contributed by atoms with van der Waals surface area (Å²) in [7, 11) is -3.66. The summed E-state index contributed by atoms with van der Waals surface area (Å²) in [6.07, 6.45) is 0. The number of amides is 1. The number of nitrogens with zero attached hydrogens (tertiary/aromatic N) is 1. The number of anilines is 1. The Hall–Kier alpha value is -1.97. The highest BCUT2D eigenvalue weighted by Crippen LogP contribution is 2.25. The number of thioether (sulfide) groups is 1. The van der Waals surface area contributed by atoms with Gasteiger partial charge in [0.05, 0.1) is 10.6 Å². The largest absolute Gasteiger partial charge is 0.325 e. The third-order valence-electron chi connectivity index (χ3n) is 4.05. The van der Waals surface area contributed by atoms with Crippen LogP contribution in [0.4, 0.5) is 14.5 Å². The number of sulfonamides is 1. The van der Waals surface area contributed by atoms with Crippen LogP contribution in [-0.4, -0.2) is 37.5 Å². The fraction of sp³-hybridized carbons (Fsp3) is 0.316. The molecule has 5 nitrogen and oxygen atoms in total. The van der Waals surface area contributed by atoms with E-state index in [9.17, 15) is 22.0 Å². The lowest BCUT2D eigenvalue weighted by Crippen LogP contribution is -2.31. The molecule has 1 N–H and O–H groups in total. The Morgan fingerprint density at radius 2 is 1.79 bits per heavy atom. The van der Waals surface area contributed by atoms with Gasteiger partial charge in [-0.05, 0) is 36.8 Å².